The first-order valence-corrected chi connectivity index (χ1v) is 11.6. The van der Waals surface area contributed by atoms with Crippen molar-refractivity contribution in [3.8, 4) is 22.8 Å². The van der Waals surface area contributed by atoms with Gasteiger partial charge >= 0.3 is 6.18 Å². The molecule has 0 bridgehead atoms. The molecule has 0 spiro atoms. The number of ether oxygens (including phenoxy) is 2. The molecule has 0 saturated carbocycles. The van der Waals surface area contributed by atoms with Crippen LogP contribution in [0, 0.1) is 0 Å². The van der Waals surface area contributed by atoms with E-state index >= 15 is 0 Å². The quantitative estimate of drug-likeness (QED) is 0.268. The first kappa shape index (κ1) is 24.6. The lowest BCUT2D eigenvalue weighted by atomic mass is 10.1. The highest BCUT2D eigenvalue weighted by molar-refractivity contribution is 6.31. The Morgan fingerprint density at radius 2 is 1.84 bits per heavy atom. The molecule has 0 aliphatic heterocycles. The van der Waals surface area contributed by atoms with E-state index in [0.717, 1.165) is 23.4 Å². The Morgan fingerprint density at radius 1 is 1.00 bits per heavy atom. The Morgan fingerprint density at radius 3 is 2.59 bits per heavy atom. The Kier molecular flexibility index (Phi) is 6.51. The van der Waals surface area contributed by atoms with Crippen molar-refractivity contribution < 1.29 is 22.6 Å². The van der Waals surface area contributed by atoms with Gasteiger partial charge in [-0.3, -0.25) is 0 Å². The van der Waals surface area contributed by atoms with E-state index in [1.807, 2.05) is 18.2 Å². The van der Waals surface area contributed by atoms with Crippen LogP contribution in [0.1, 0.15) is 11.1 Å². The second kappa shape index (κ2) is 9.78. The Balaban J connectivity index is 1.55. The summed E-state index contributed by atoms with van der Waals surface area (Å²) >= 11 is 6.27. The van der Waals surface area contributed by atoms with E-state index in [2.05, 4.69) is 15.6 Å². The fourth-order valence-electron chi connectivity index (χ4n) is 4.15. The summed E-state index contributed by atoms with van der Waals surface area (Å²) in [6.07, 6.45) is -3.89. The zero-order valence-electron chi connectivity index (χ0n) is 19.8. The molecule has 190 valence electrons. The third-order valence-corrected chi connectivity index (χ3v) is 6.18. The summed E-state index contributed by atoms with van der Waals surface area (Å²) in [5, 5.41) is 12.9. The molecule has 37 heavy (non-hydrogen) atoms. The van der Waals surface area contributed by atoms with Crippen LogP contribution in [0.15, 0.2) is 60.7 Å². The lowest BCUT2D eigenvalue weighted by Gasteiger charge is -2.13. The van der Waals surface area contributed by atoms with Gasteiger partial charge < -0.3 is 14.8 Å². The molecule has 0 unspecified atom stereocenters. The third-order valence-electron chi connectivity index (χ3n) is 5.94. The topological polar surface area (TPSA) is 73.6 Å². The number of methoxy groups -OCH3 is 2. The van der Waals surface area contributed by atoms with Gasteiger partial charge in [0.2, 0.25) is 0 Å². The molecule has 0 aliphatic rings. The number of rotatable bonds is 7. The minimum Gasteiger partial charge on any atom is -0.497 e. The van der Waals surface area contributed by atoms with Crippen LogP contribution in [-0.2, 0) is 12.6 Å². The summed E-state index contributed by atoms with van der Waals surface area (Å²) in [6.45, 7) is 0.481. The third kappa shape index (κ3) is 4.84. The summed E-state index contributed by atoms with van der Waals surface area (Å²) in [6, 6.07) is 15.7. The van der Waals surface area contributed by atoms with Crippen molar-refractivity contribution in [1.82, 2.24) is 19.8 Å². The first-order chi connectivity index (χ1) is 17.8. The maximum absolute atomic E-state index is 13.3. The summed E-state index contributed by atoms with van der Waals surface area (Å²) in [5.41, 5.74) is 1.63. The minimum absolute atomic E-state index is 0.237. The molecule has 0 aliphatic carbocycles. The normalized spacial score (nSPS) is 11.7. The summed E-state index contributed by atoms with van der Waals surface area (Å²) < 4.78 is 52.2. The van der Waals surface area contributed by atoms with Gasteiger partial charge in [0.15, 0.2) is 5.65 Å². The maximum atomic E-state index is 13.3. The smallest absolute Gasteiger partial charge is 0.416 e. The van der Waals surface area contributed by atoms with Crippen LogP contribution in [0.25, 0.3) is 27.8 Å². The Labute approximate surface area is 214 Å². The van der Waals surface area contributed by atoms with Crippen LogP contribution in [0.4, 0.5) is 19.0 Å². The van der Waals surface area contributed by atoms with Crippen LogP contribution in [0.3, 0.4) is 0 Å². The fraction of sp³-hybridized carbons (Fsp3) is 0.192. The van der Waals surface area contributed by atoms with Crippen molar-refractivity contribution in [3.63, 3.8) is 0 Å². The average Bonchev–Trinajstić information content (AvgIpc) is 3.32. The molecule has 7 nitrogen and oxygen atoms in total. The van der Waals surface area contributed by atoms with E-state index < -0.39 is 11.7 Å². The Bertz CT molecular complexity index is 1600. The predicted molar refractivity (Wildman–Crippen MR) is 135 cm³/mol. The van der Waals surface area contributed by atoms with Gasteiger partial charge in [0, 0.05) is 22.5 Å². The van der Waals surface area contributed by atoms with Crippen molar-refractivity contribution in [2.24, 2.45) is 0 Å². The van der Waals surface area contributed by atoms with Gasteiger partial charge in [-0.25, -0.2) is 4.98 Å². The molecular weight excluding hydrogens is 507 g/mol. The van der Waals surface area contributed by atoms with E-state index in [1.54, 1.807) is 38.5 Å². The van der Waals surface area contributed by atoms with Crippen molar-refractivity contribution in [3.05, 3.63) is 76.8 Å². The van der Waals surface area contributed by atoms with Crippen LogP contribution in [0.2, 0.25) is 5.02 Å². The molecule has 0 radical (unpaired) electrons. The van der Waals surface area contributed by atoms with Crippen LogP contribution in [0.5, 0.6) is 11.5 Å². The van der Waals surface area contributed by atoms with Gasteiger partial charge in [-0.1, -0.05) is 28.9 Å². The average molecular weight is 528 g/mol. The summed E-state index contributed by atoms with van der Waals surface area (Å²) in [5.74, 6) is 1.94. The number of alkyl halides is 3. The molecule has 5 aromatic rings. The number of anilines is 1. The highest BCUT2D eigenvalue weighted by atomic mass is 35.5. The number of halogens is 4. The Hall–Kier alpha value is -4.05. The standard InChI is InChI=1S/C26H21ClF3N5O2/c1-36-19-7-9-22(37-2)15(13-19)10-11-31-24-20-14-18(27)6-8-21(20)35-25(32-24)23(33-34-35)16-4-3-5-17(12-16)26(28,29)30/h3-9,12-14H,10-11H2,1-2H3,(H,31,32). The molecular formula is C26H21ClF3N5O2. The molecule has 2 aromatic heterocycles. The zero-order chi connectivity index (χ0) is 26.2. The molecule has 0 atom stereocenters. The van der Waals surface area contributed by atoms with Crippen LogP contribution < -0.4 is 14.8 Å². The fourth-order valence-corrected chi connectivity index (χ4v) is 4.32. The molecule has 2 heterocycles. The number of nitrogens with one attached hydrogen (secondary N) is 1. The van der Waals surface area contributed by atoms with Crippen molar-refractivity contribution >= 4 is 34.0 Å². The molecule has 5 rings (SSSR count). The molecule has 0 amide bonds. The van der Waals surface area contributed by atoms with E-state index in [0.29, 0.717) is 46.1 Å². The largest absolute Gasteiger partial charge is 0.497 e. The van der Waals surface area contributed by atoms with Gasteiger partial charge in [0.05, 0.1) is 25.3 Å². The van der Waals surface area contributed by atoms with Crippen molar-refractivity contribution in [2.75, 3.05) is 26.1 Å². The number of hydrogen-bond acceptors (Lipinski definition) is 6. The lowest BCUT2D eigenvalue weighted by molar-refractivity contribution is -0.137. The second-order valence-corrected chi connectivity index (χ2v) is 8.66. The van der Waals surface area contributed by atoms with Crippen LogP contribution in [-0.4, -0.2) is 40.6 Å². The SMILES string of the molecule is COc1ccc(OC)c(CCNc2nc3c(-c4cccc(C(F)(F)F)c4)nnn3c3ccc(Cl)cc23)c1. The van der Waals surface area contributed by atoms with Crippen molar-refractivity contribution in [2.45, 2.75) is 12.6 Å². The van der Waals surface area contributed by atoms with E-state index in [4.69, 9.17) is 26.1 Å². The van der Waals surface area contributed by atoms with Gasteiger partial charge in [-0.2, -0.15) is 17.7 Å². The number of aromatic nitrogens is 4. The monoisotopic (exact) mass is 527 g/mol. The van der Waals surface area contributed by atoms with E-state index in [9.17, 15) is 13.2 Å². The van der Waals surface area contributed by atoms with Gasteiger partial charge in [0.1, 0.15) is 23.0 Å². The minimum atomic E-state index is -4.48. The summed E-state index contributed by atoms with van der Waals surface area (Å²) in [7, 11) is 3.20. The second-order valence-electron chi connectivity index (χ2n) is 8.23. The van der Waals surface area contributed by atoms with Gasteiger partial charge in [0.25, 0.3) is 0 Å². The highest BCUT2D eigenvalue weighted by Gasteiger charge is 2.31. The molecule has 0 fully saturated rings. The lowest BCUT2D eigenvalue weighted by Crippen LogP contribution is -2.09. The van der Waals surface area contributed by atoms with Gasteiger partial charge in [-0.05, 0) is 60.5 Å². The number of benzene rings is 3. The summed E-state index contributed by atoms with van der Waals surface area (Å²) in [4.78, 5) is 4.71. The number of hydrogen-bond donors (Lipinski definition) is 1. The molecule has 3 aromatic carbocycles. The first-order valence-electron chi connectivity index (χ1n) is 11.3. The van der Waals surface area contributed by atoms with Gasteiger partial charge in [-0.15, -0.1) is 5.10 Å². The molecule has 1 N–H and O–H groups in total. The van der Waals surface area contributed by atoms with Crippen molar-refractivity contribution in [1.29, 1.82) is 0 Å². The predicted octanol–water partition coefficient (Wildman–Crippen LogP) is 6.29. The molecule has 11 heteroatoms. The number of nitrogens with zero attached hydrogens (tertiary/aromatic N) is 4. The van der Waals surface area contributed by atoms with Crippen LogP contribution >= 0.6 is 11.6 Å². The maximum Gasteiger partial charge on any atom is 0.416 e. The van der Waals surface area contributed by atoms with E-state index in [1.165, 1.54) is 10.6 Å². The zero-order valence-corrected chi connectivity index (χ0v) is 20.6. The molecule has 0 saturated heterocycles. The number of fused-ring (bicyclic) bond motifs is 3. The highest BCUT2D eigenvalue weighted by Crippen LogP contribution is 2.34. The van der Waals surface area contributed by atoms with E-state index in [-0.39, 0.29) is 11.3 Å².